The number of hydrogen-bond donors (Lipinski definition) is 0. The third-order valence-electron chi connectivity index (χ3n) is 4.71. The Bertz CT molecular complexity index is 695. The molecule has 2 fully saturated rings. The fourth-order valence-electron chi connectivity index (χ4n) is 3.51. The molecule has 2 saturated heterocycles. The van der Waals surface area contributed by atoms with Crippen molar-refractivity contribution in [2.75, 3.05) is 19.7 Å². The molecule has 0 saturated carbocycles. The van der Waals surface area contributed by atoms with Crippen LogP contribution < -0.4 is 0 Å². The molecule has 1 amide bonds. The molecule has 24 heavy (non-hydrogen) atoms. The predicted molar refractivity (Wildman–Crippen MR) is 87.8 cm³/mol. The molecule has 0 spiro atoms. The number of rotatable bonds is 4. The van der Waals surface area contributed by atoms with Crippen LogP contribution >= 0.6 is 0 Å². The van der Waals surface area contributed by atoms with Gasteiger partial charge in [-0.05, 0) is 35.4 Å². The van der Waals surface area contributed by atoms with Gasteiger partial charge in [0.15, 0.2) is 0 Å². The normalized spacial score (nSPS) is 24.2. The van der Waals surface area contributed by atoms with E-state index in [4.69, 9.17) is 4.74 Å². The zero-order valence-electron chi connectivity index (χ0n) is 13.4. The smallest absolute Gasteiger partial charge is 0.249 e. The van der Waals surface area contributed by atoms with Crippen LogP contribution in [0, 0.1) is 0 Å². The molecular formula is C18H20N4O2. The fraction of sp³-hybridized carbons (Fsp3) is 0.389. The molecular weight excluding hydrogens is 304 g/mol. The van der Waals surface area contributed by atoms with Gasteiger partial charge in [-0.15, -0.1) is 0 Å². The van der Waals surface area contributed by atoms with E-state index in [1.165, 1.54) is 5.56 Å². The van der Waals surface area contributed by atoms with Gasteiger partial charge in [0.2, 0.25) is 5.91 Å². The summed E-state index contributed by atoms with van der Waals surface area (Å²) in [5, 5.41) is 0. The quantitative estimate of drug-likeness (QED) is 0.842. The highest BCUT2D eigenvalue weighted by atomic mass is 16.5. The molecule has 0 aliphatic carbocycles. The number of ether oxygens (including phenoxy) is 1. The molecule has 2 aliphatic rings. The third kappa shape index (κ3) is 3.16. The molecule has 2 aromatic heterocycles. The van der Waals surface area contributed by atoms with Crippen LogP contribution in [0.4, 0.5) is 0 Å². The zero-order valence-corrected chi connectivity index (χ0v) is 13.4. The Hall–Kier alpha value is -2.31. The zero-order chi connectivity index (χ0) is 16.4. The Morgan fingerprint density at radius 1 is 0.958 bits per heavy atom. The Balaban J connectivity index is 1.47. The van der Waals surface area contributed by atoms with E-state index < -0.39 is 0 Å². The van der Waals surface area contributed by atoms with Crippen molar-refractivity contribution in [1.82, 2.24) is 19.8 Å². The van der Waals surface area contributed by atoms with Crippen molar-refractivity contribution in [3.8, 4) is 0 Å². The summed E-state index contributed by atoms with van der Waals surface area (Å²) in [4.78, 5) is 24.8. The summed E-state index contributed by atoms with van der Waals surface area (Å²) in [6, 6.07) is 8.09. The van der Waals surface area contributed by atoms with Crippen LogP contribution in [0.3, 0.4) is 0 Å². The molecule has 0 aromatic carbocycles. The summed E-state index contributed by atoms with van der Waals surface area (Å²) < 4.78 is 5.79. The van der Waals surface area contributed by atoms with Gasteiger partial charge in [0, 0.05) is 51.0 Å². The lowest BCUT2D eigenvalue weighted by atomic mass is 10.1. The van der Waals surface area contributed by atoms with Gasteiger partial charge in [0.25, 0.3) is 0 Å². The van der Waals surface area contributed by atoms with E-state index >= 15 is 0 Å². The first-order valence-corrected chi connectivity index (χ1v) is 8.21. The standard InChI is InChI=1S/C18H20N4O2/c23-18-13-24-17-12-21(9-14-1-5-19-6-2-14)11-16(17)22(18)10-15-3-7-20-8-4-15/h1-8,16-17H,9-13H2/t16-,17-/m1/s1. The lowest BCUT2D eigenvalue weighted by Gasteiger charge is -2.36. The molecule has 6 heteroatoms. The first kappa shape index (κ1) is 15.2. The number of carbonyl (C=O) groups is 1. The van der Waals surface area contributed by atoms with E-state index in [1.54, 1.807) is 12.4 Å². The molecule has 6 nitrogen and oxygen atoms in total. The second kappa shape index (κ2) is 6.67. The summed E-state index contributed by atoms with van der Waals surface area (Å²) in [5.74, 6) is 0.0684. The van der Waals surface area contributed by atoms with E-state index in [9.17, 15) is 4.79 Å². The largest absolute Gasteiger partial charge is 0.365 e. The number of fused-ring (bicyclic) bond motifs is 1. The number of nitrogens with zero attached hydrogens (tertiary/aromatic N) is 4. The van der Waals surface area contributed by atoms with Crippen LogP contribution in [-0.2, 0) is 22.6 Å². The van der Waals surface area contributed by atoms with Gasteiger partial charge in [-0.25, -0.2) is 0 Å². The first-order chi connectivity index (χ1) is 11.8. The van der Waals surface area contributed by atoms with Crippen LogP contribution in [-0.4, -0.2) is 57.5 Å². The number of amides is 1. The molecule has 0 radical (unpaired) electrons. The highest BCUT2D eigenvalue weighted by molar-refractivity contribution is 5.78. The average molecular weight is 324 g/mol. The van der Waals surface area contributed by atoms with Gasteiger partial charge in [0.05, 0.1) is 12.1 Å². The Labute approximate surface area is 141 Å². The number of carbonyl (C=O) groups excluding carboxylic acids is 1. The molecule has 0 unspecified atom stereocenters. The summed E-state index contributed by atoms with van der Waals surface area (Å²) >= 11 is 0. The predicted octanol–water partition coefficient (Wildman–Crippen LogP) is 1.09. The first-order valence-electron chi connectivity index (χ1n) is 8.21. The molecule has 2 aromatic rings. The SMILES string of the molecule is O=C1CO[C@@H]2CN(Cc3ccncc3)C[C@H]2N1Cc1ccncc1. The van der Waals surface area contributed by atoms with Crippen molar-refractivity contribution in [2.45, 2.75) is 25.2 Å². The molecule has 124 valence electrons. The van der Waals surface area contributed by atoms with Crippen LogP contribution in [0.25, 0.3) is 0 Å². The van der Waals surface area contributed by atoms with Crippen molar-refractivity contribution in [3.05, 3.63) is 60.2 Å². The lowest BCUT2D eigenvalue weighted by Crippen LogP contribution is -2.53. The molecule has 4 heterocycles. The highest BCUT2D eigenvalue weighted by Crippen LogP contribution is 2.26. The van der Waals surface area contributed by atoms with Crippen molar-refractivity contribution in [2.24, 2.45) is 0 Å². The molecule has 0 bridgehead atoms. The van der Waals surface area contributed by atoms with E-state index in [-0.39, 0.29) is 24.7 Å². The number of pyridine rings is 2. The van der Waals surface area contributed by atoms with Crippen LogP contribution in [0.2, 0.25) is 0 Å². The fourth-order valence-corrected chi connectivity index (χ4v) is 3.51. The summed E-state index contributed by atoms with van der Waals surface area (Å²) in [7, 11) is 0. The maximum absolute atomic E-state index is 12.4. The van der Waals surface area contributed by atoms with Crippen molar-refractivity contribution in [3.63, 3.8) is 0 Å². The molecule has 0 N–H and O–H groups in total. The van der Waals surface area contributed by atoms with Gasteiger partial charge in [-0.2, -0.15) is 0 Å². The van der Waals surface area contributed by atoms with Crippen molar-refractivity contribution >= 4 is 5.91 Å². The van der Waals surface area contributed by atoms with Crippen LogP contribution in [0.5, 0.6) is 0 Å². The Morgan fingerprint density at radius 2 is 1.58 bits per heavy atom. The van der Waals surface area contributed by atoms with Gasteiger partial charge in [-0.3, -0.25) is 19.7 Å². The number of hydrogen-bond acceptors (Lipinski definition) is 5. The van der Waals surface area contributed by atoms with Gasteiger partial charge < -0.3 is 9.64 Å². The maximum atomic E-state index is 12.4. The van der Waals surface area contributed by atoms with Gasteiger partial charge in [0.1, 0.15) is 6.61 Å². The lowest BCUT2D eigenvalue weighted by molar-refractivity contribution is -0.153. The van der Waals surface area contributed by atoms with Gasteiger partial charge in [-0.1, -0.05) is 0 Å². The minimum absolute atomic E-state index is 0.0684. The van der Waals surface area contributed by atoms with E-state index in [2.05, 4.69) is 14.9 Å². The summed E-state index contributed by atoms with van der Waals surface area (Å²) in [6.45, 7) is 3.34. The molecule has 2 aliphatic heterocycles. The van der Waals surface area contributed by atoms with Crippen LogP contribution in [0.1, 0.15) is 11.1 Å². The van der Waals surface area contributed by atoms with Crippen molar-refractivity contribution < 1.29 is 9.53 Å². The minimum Gasteiger partial charge on any atom is -0.365 e. The molecule has 2 atom stereocenters. The second-order valence-corrected chi connectivity index (χ2v) is 6.34. The van der Waals surface area contributed by atoms with Crippen LogP contribution in [0.15, 0.2) is 49.1 Å². The number of likely N-dealkylation sites (tertiary alicyclic amines) is 1. The molecule has 4 rings (SSSR count). The monoisotopic (exact) mass is 324 g/mol. The summed E-state index contributed by atoms with van der Waals surface area (Å²) in [5.41, 5.74) is 2.34. The Morgan fingerprint density at radius 3 is 2.25 bits per heavy atom. The van der Waals surface area contributed by atoms with Gasteiger partial charge >= 0.3 is 0 Å². The minimum atomic E-state index is 0.0684. The highest BCUT2D eigenvalue weighted by Gasteiger charge is 2.42. The summed E-state index contributed by atoms with van der Waals surface area (Å²) in [6.07, 6.45) is 7.25. The maximum Gasteiger partial charge on any atom is 0.249 e. The van der Waals surface area contributed by atoms with E-state index in [0.717, 1.165) is 25.2 Å². The average Bonchev–Trinajstić information content (AvgIpc) is 3.02. The third-order valence-corrected chi connectivity index (χ3v) is 4.71. The van der Waals surface area contributed by atoms with E-state index in [1.807, 2.05) is 41.6 Å². The number of morpholine rings is 1. The topological polar surface area (TPSA) is 58.6 Å². The second-order valence-electron chi connectivity index (χ2n) is 6.34. The van der Waals surface area contributed by atoms with E-state index in [0.29, 0.717) is 6.54 Å². The Kier molecular flexibility index (Phi) is 4.23. The number of aromatic nitrogens is 2. The van der Waals surface area contributed by atoms with Crippen molar-refractivity contribution in [1.29, 1.82) is 0 Å².